The van der Waals surface area contributed by atoms with Crippen LogP contribution >= 0.6 is 0 Å². The third-order valence-corrected chi connectivity index (χ3v) is 2.45. The Kier molecular flexibility index (Phi) is 5.49. The SMILES string of the molecule is CN(C)CCCC(=O)NN(C)c1ccccc1. The predicted octanol–water partition coefficient (Wildman–Crippen LogP) is 1.50. The van der Waals surface area contributed by atoms with E-state index in [9.17, 15) is 4.79 Å². The molecule has 0 aliphatic carbocycles. The normalized spacial score (nSPS) is 10.4. The molecule has 0 saturated carbocycles. The summed E-state index contributed by atoms with van der Waals surface area (Å²) in [7, 11) is 5.86. The van der Waals surface area contributed by atoms with Crippen LogP contribution in [0, 0.1) is 0 Å². The van der Waals surface area contributed by atoms with Gasteiger partial charge in [-0.2, -0.15) is 0 Å². The summed E-state index contributed by atoms with van der Waals surface area (Å²) in [5, 5.41) is 1.75. The van der Waals surface area contributed by atoms with Gasteiger partial charge < -0.3 is 4.90 Å². The summed E-state index contributed by atoms with van der Waals surface area (Å²) in [5.41, 5.74) is 3.83. The van der Waals surface area contributed by atoms with Gasteiger partial charge >= 0.3 is 0 Å². The first-order valence-electron chi connectivity index (χ1n) is 5.82. The molecule has 0 aliphatic rings. The van der Waals surface area contributed by atoms with Gasteiger partial charge in [-0.05, 0) is 39.2 Å². The lowest BCUT2D eigenvalue weighted by Gasteiger charge is -2.20. The highest BCUT2D eigenvalue weighted by Gasteiger charge is 2.05. The molecular weight excluding hydrogens is 214 g/mol. The number of nitrogens with zero attached hydrogens (tertiary/aromatic N) is 2. The number of hydrogen-bond donors (Lipinski definition) is 1. The van der Waals surface area contributed by atoms with E-state index < -0.39 is 0 Å². The molecule has 1 amide bonds. The molecule has 1 N–H and O–H groups in total. The van der Waals surface area contributed by atoms with Crippen molar-refractivity contribution < 1.29 is 4.79 Å². The number of para-hydroxylation sites is 1. The van der Waals surface area contributed by atoms with Crippen LogP contribution in [0.25, 0.3) is 0 Å². The molecule has 0 aromatic heterocycles. The number of rotatable bonds is 6. The molecule has 0 spiro atoms. The molecule has 94 valence electrons. The van der Waals surface area contributed by atoms with Gasteiger partial charge in [0.2, 0.25) is 5.91 Å². The van der Waals surface area contributed by atoms with Crippen molar-refractivity contribution in [3.63, 3.8) is 0 Å². The van der Waals surface area contributed by atoms with Gasteiger partial charge in [0.05, 0.1) is 5.69 Å². The molecule has 0 heterocycles. The Morgan fingerprint density at radius 3 is 2.41 bits per heavy atom. The van der Waals surface area contributed by atoms with Crippen LogP contribution in [-0.4, -0.2) is 38.5 Å². The number of hydrogen-bond acceptors (Lipinski definition) is 3. The van der Waals surface area contributed by atoms with Crippen molar-refractivity contribution in [2.24, 2.45) is 0 Å². The van der Waals surface area contributed by atoms with E-state index in [0.29, 0.717) is 6.42 Å². The van der Waals surface area contributed by atoms with E-state index in [2.05, 4.69) is 10.3 Å². The van der Waals surface area contributed by atoms with Gasteiger partial charge in [-0.1, -0.05) is 18.2 Å². The minimum absolute atomic E-state index is 0.0539. The summed E-state index contributed by atoms with van der Waals surface area (Å²) in [6, 6.07) is 9.77. The van der Waals surface area contributed by atoms with Crippen LogP contribution in [0.5, 0.6) is 0 Å². The number of carbonyl (C=O) groups excluding carboxylic acids is 1. The molecule has 0 radical (unpaired) electrons. The molecule has 0 unspecified atom stereocenters. The lowest BCUT2D eigenvalue weighted by Crippen LogP contribution is -2.39. The Morgan fingerprint density at radius 1 is 1.18 bits per heavy atom. The zero-order chi connectivity index (χ0) is 12.7. The minimum atomic E-state index is 0.0539. The van der Waals surface area contributed by atoms with E-state index in [1.54, 1.807) is 5.01 Å². The number of benzene rings is 1. The molecule has 0 bridgehead atoms. The van der Waals surface area contributed by atoms with E-state index in [0.717, 1.165) is 18.7 Å². The summed E-state index contributed by atoms with van der Waals surface area (Å²) < 4.78 is 0. The van der Waals surface area contributed by atoms with E-state index in [1.807, 2.05) is 51.5 Å². The van der Waals surface area contributed by atoms with E-state index in [4.69, 9.17) is 0 Å². The zero-order valence-electron chi connectivity index (χ0n) is 10.8. The highest BCUT2D eigenvalue weighted by atomic mass is 16.2. The molecule has 17 heavy (non-hydrogen) atoms. The fraction of sp³-hybridized carbons (Fsp3) is 0.462. The fourth-order valence-electron chi connectivity index (χ4n) is 1.51. The number of anilines is 1. The molecule has 1 aromatic rings. The van der Waals surface area contributed by atoms with Crippen molar-refractivity contribution in [2.75, 3.05) is 32.7 Å². The standard InChI is InChI=1S/C13H21N3O/c1-15(2)11-7-10-13(17)14-16(3)12-8-5-4-6-9-12/h4-6,8-9H,7,10-11H2,1-3H3,(H,14,17). The monoisotopic (exact) mass is 235 g/mol. The second-order valence-corrected chi connectivity index (χ2v) is 4.34. The third-order valence-electron chi connectivity index (χ3n) is 2.45. The van der Waals surface area contributed by atoms with Crippen molar-refractivity contribution in [2.45, 2.75) is 12.8 Å². The van der Waals surface area contributed by atoms with Crippen LogP contribution in [0.4, 0.5) is 5.69 Å². The molecule has 0 saturated heterocycles. The van der Waals surface area contributed by atoms with Gasteiger partial charge in [0.15, 0.2) is 0 Å². The molecule has 4 heteroatoms. The molecule has 0 fully saturated rings. The molecule has 4 nitrogen and oxygen atoms in total. The Bertz CT molecular complexity index is 338. The molecular formula is C13H21N3O. The second kappa shape index (κ2) is 6.91. The smallest absolute Gasteiger partial charge is 0.238 e. The van der Waals surface area contributed by atoms with Gasteiger partial charge in [-0.3, -0.25) is 15.2 Å². The molecule has 1 aromatic carbocycles. The fourth-order valence-corrected chi connectivity index (χ4v) is 1.51. The first-order chi connectivity index (χ1) is 8.09. The van der Waals surface area contributed by atoms with Gasteiger partial charge in [-0.15, -0.1) is 0 Å². The highest BCUT2D eigenvalue weighted by molar-refractivity contribution is 5.77. The van der Waals surface area contributed by atoms with Gasteiger partial charge in [0.25, 0.3) is 0 Å². The van der Waals surface area contributed by atoms with Crippen molar-refractivity contribution in [1.82, 2.24) is 10.3 Å². The van der Waals surface area contributed by atoms with Gasteiger partial charge in [-0.25, -0.2) is 0 Å². The zero-order valence-corrected chi connectivity index (χ0v) is 10.8. The summed E-state index contributed by atoms with van der Waals surface area (Å²) in [6.07, 6.45) is 1.43. The Hall–Kier alpha value is -1.55. The number of nitrogens with one attached hydrogen (secondary N) is 1. The largest absolute Gasteiger partial charge is 0.309 e. The number of carbonyl (C=O) groups is 1. The van der Waals surface area contributed by atoms with E-state index in [-0.39, 0.29) is 5.91 Å². The van der Waals surface area contributed by atoms with Crippen LogP contribution in [0.2, 0.25) is 0 Å². The first-order valence-corrected chi connectivity index (χ1v) is 5.82. The summed E-state index contributed by atoms with van der Waals surface area (Å²) in [6.45, 7) is 0.933. The number of amides is 1. The summed E-state index contributed by atoms with van der Waals surface area (Å²) in [5.74, 6) is 0.0539. The molecule has 0 aliphatic heterocycles. The highest BCUT2D eigenvalue weighted by Crippen LogP contribution is 2.08. The van der Waals surface area contributed by atoms with Gasteiger partial charge in [0, 0.05) is 13.5 Å². The van der Waals surface area contributed by atoms with Crippen molar-refractivity contribution in [3.8, 4) is 0 Å². The Morgan fingerprint density at radius 2 is 1.82 bits per heavy atom. The van der Waals surface area contributed by atoms with Crippen molar-refractivity contribution in [3.05, 3.63) is 30.3 Å². The average Bonchev–Trinajstić information content (AvgIpc) is 2.29. The minimum Gasteiger partial charge on any atom is -0.309 e. The summed E-state index contributed by atoms with van der Waals surface area (Å²) in [4.78, 5) is 13.7. The molecule has 0 atom stereocenters. The lowest BCUT2D eigenvalue weighted by atomic mass is 10.3. The van der Waals surface area contributed by atoms with Gasteiger partial charge in [0.1, 0.15) is 0 Å². The van der Waals surface area contributed by atoms with Crippen LogP contribution < -0.4 is 10.4 Å². The molecule has 1 rings (SSSR count). The van der Waals surface area contributed by atoms with Crippen LogP contribution in [0.1, 0.15) is 12.8 Å². The summed E-state index contributed by atoms with van der Waals surface area (Å²) >= 11 is 0. The van der Waals surface area contributed by atoms with Crippen LogP contribution in [-0.2, 0) is 4.79 Å². The Balaban J connectivity index is 2.31. The van der Waals surface area contributed by atoms with E-state index in [1.165, 1.54) is 0 Å². The topological polar surface area (TPSA) is 35.6 Å². The van der Waals surface area contributed by atoms with Crippen molar-refractivity contribution >= 4 is 11.6 Å². The first kappa shape index (κ1) is 13.5. The van der Waals surface area contributed by atoms with Crippen LogP contribution in [0.3, 0.4) is 0 Å². The van der Waals surface area contributed by atoms with Crippen molar-refractivity contribution in [1.29, 1.82) is 0 Å². The van der Waals surface area contributed by atoms with Crippen LogP contribution in [0.15, 0.2) is 30.3 Å². The number of hydrazine groups is 1. The quantitative estimate of drug-likeness (QED) is 0.759. The average molecular weight is 235 g/mol. The Labute approximate surface area is 103 Å². The maximum atomic E-state index is 11.6. The maximum Gasteiger partial charge on any atom is 0.238 e. The maximum absolute atomic E-state index is 11.6. The second-order valence-electron chi connectivity index (χ2n) is 4.34. The third kappa shape index (κ3) is 5.36. The van der Waals surface area contributed by atoms with E-state index >= 15 is 0 Å². The lowest BCUT2D eigenvalue weighted by molar-refractivity contribution is -0.121. The predicted molar refractivity (Wildman–Crippen MR) is 70.8 cm³/mol.